The summed E-state index contributed by atoms with van der Waals surface area (Å²) in [5.74, 6) is -0.287. The molecule has 9 nitrogen and oxygen atoms in total. The molecule has 0 saturated heterocycles. The summed E-state index contributed by atoms with van der Waals surface area (Å²) < 4.78 is 77.5. The number of hydrogen-bond acceptors (Lipinski definition) is 9. The van der Waals surface area contributed by atoms with Crippen LogP contribution in [0.25, 0.3) is 11.6 Å². The number of hydrogen-bond donors (Lipinski definition) is 1. The maximum Gasteiger partial charge on any atom is 0.573 e. The van der Waals surface area contributed by atoms with Crippen molar-refractivity contribution in [1.29, 1.82) is 0 Å². The molecular formula is C20H19F3N4O5S. The lowest BCUT2D eigenvalue weighted by Crippen LogP contribution is -2.17. The van der Waals surface area contributed by atoms with Crippen LogP contribution in [0.2, 0.25) is 0 Å². The van der Waals surface area contributed by atoms with E-state index in [9.17, 15) is 21.6 Å². The lowest BCUT2D eigenvalue weighted by Gasteiger charge is -2.10. The van der Waals surface area contributed by atoms with E-state index in [1.54, 1.807) is 0 Å². The number of pyridine rings is 1. The SMILES string of the molecule is Nc1cc(S(=O)(=O)c2ccc(OC(F)(F)F)cc2)cnc1-c1nnc(COC2CCCC2)o1. The first-order valence-corrected chi connectivity index (χ1v) is 11.4. The van der Waals surface area contributed by atoms with E-state index in [2.05, 4.69) is 19.9 Å². The summed E-state index contributed by atoms with van der Waals surface area (Å²) >= 11 is 0. The smallest absolute Gasteiger partial charge is 0.417 e. The minimum absolute atomic E-state index is 0.00937. The van der Waals surface area contributed by atoms with Crippen LogP contribution in [0.5, 0.6) is 5.75 Å². The molecule has 0 unspecified atom stereocenters. The topological polar surface area (TPSA) is 130 Å². The number of nitrogens with two attached hydrogens (primary N) is 1. The lowest BCUT2D eigenvalue weighted by atomic mass is 10.3. The number of nitrogens with zero attached hydrogens (tertiary/aromatic N) is 3. The van der Waals surface area contributed by atoms with E-state index in [-0.39, 0.29) is 45.7 Å². The molecule has 1 aromatic carbocycles. The van der Waals surface area contributed by atoms with Gasteiger partial charge in [0.2, 0.25) is 15.7 Å². The standard InChI is InChI=1S/C20H19F3N4O5S/c21-20(22,23)32-13-5-7-14(8-6-13)33(28,29)15-9-16(24)18(25-10-15)19-27-26-17(31-19)11-30-12-3-1-2-4-12/h5-10,12H,1-4,11,24H2. The van der Waals surface area contributed by atoms with E-state index in [0.29, 0.717) is 0 Å². The van der Waals surface area contributed by atoms with Crippen molar-refractivity contribution in [3.63, 3.8) is 0 Å². The summed E-state index contributed by atoms with van der Waals surface area (Å²) in [5, 5.41) is 7.79. The van der Waals surface area contributed by atoms with Gasteiger partial charge in [-0.2, -0.15) is 0 Å². The van der Waals surface area contributed by atoms with Crippen LogP contribution in [0, 0.1) is 0 Å². The van der Waals surface area contributed by atoms with Crippen LogP contribution in [-0.2, 0) is 21.2 Å². The van der Waals surface area contributed by atoms with Gasteiger partial charge >= 0.3 is 6.36 Å². The third kappa shape index (κ3) is 5.42. The number of halogens is 3. The zero-order valence-corrected chi connectivity index (χ0v) is 17.9. The fourth-order valence-electron chi connectivity index (χ4n) is 3.40. The highest BCUT2D eigenvalue weighted by Gasteiger charge is 2.31. The monoisotopic (exact) mass is 484 g/mol. The van der Waals surface area contributed by atoms with Crippen LogP contribution in [0.1, 0.15) is 31.6 Å². The molecule has 1 fully saturated rings. The summed E-state index contributed by atoms with van der Waals surface area (Å²) in [6, 6.07) is 4.96. The fraction of sp³-hybridized carbons (Fsp3) is 0.350. The molecule has 0 bridgehead atoms. The summed E-state index contributed by atoms with van der Waals surface area (Å²) in [4.78, 5) is 3.54. The number of ether oxygens (including phenoxy) is 2. The van der Waals surface area contributed by atoms with Crippen LogP contribution in [-0.4, -0.2) is 36.1 Å². The van der Waals surface area contributed by atoms with Crippen LogP contribution in [0.15, 0.2) is 50.7 Å². The number of aromatic nitrogens is 3. The Labute approximate surface area is 186 Å². The van der Waals surface area contributed by atoms with E-state index >= 15 is 0 Å². The van der Waals surface area contributed by atoms with Gasteiger partial charge in [0, 0.05) is 6.20 Å². The minimum atomic E-state index is -4.88. The molecule has 0 spiro atoms. The second kappa shape index (κ2) is 8.98. The average molecular weight is 484 g/mol. The number of rotatable bonds is 7. The Morgan fingerprint density at radius 2 is 1.79 bits per heavy atom. The average Bonchev–Trinajstić information content (AvgIpc) is 3.43. The van der Waals surface area contributed by atoms with Crippen LogP contribution in [0.3, 0.4) is 0 Å². The maximum atomic E-state index is 12.8. The molecule has 1 aliphatic rings. The molecule has 1 aliphatic carbocycles. The minimum Gasteiger partial charge on any atom is -0.417 e. The first-order chi connectivity index (χ1) is 15.6. The van der Waals surface area contributed by atoms with Crippen molar-refractivity contribution in [2.45, 2.75) is 54.5 Å². The third-order valence-corrected chi connectivity index (χ3v) is 6.72. The third-order valence-electron chi connectivity index (χ3n) is 4.98. The molecule has 2 aromatic heterocycles. The van der Waals surface area contributed by atoms with Crippen molar-refractivity contribution in [1.82, 2.24) is 15.2 Å². The van der Waals surface area contributed by atoms with Crippen LogP contribution >= 0.6 is 0 Å². The van der Waals surface area contributed by atoms with Crippen LogP contribution in [0.4, 0.5) is 18.9 Å². The normalized spacial score (nSPS) is 15.1. The van der Waals surface area contributed by atoms with Gasteiger partial charge in [0.05, 0.1) is 21.6 Å². The Bertz CT molecular complexity index is 1220. The van der Waals surface area contributed by atoms with Crippen molar-refractivity contribution in [3.8, 4) is 17.3 Å². The lowest BCUT2D eigenvalue weighted by molar-refractivity contribution is -0.274. The Kier molecular flexibility index (Phi) is 6.26. The van der Waals surface area contributed by atoms with Gasteiger partial charge in [0.1, 0.15) is 12.4 Å². The predicted molar refractivity (Wildman–Crippen MR) is 108 cm³/mol. The van der Waals surface area contributed by atoms with Crippen molar-refractivity contribution in [3.05, 3.63) is 42.4 Å². The number of benzene rings is 1. The first-order valence-electron chi connectivity index (χ1n) is 9.92. The first kappa shape index (κ1) is 23.0. The van der Waals surface area contributed by atoms with Gasteiger partial charge in [-0.3, -0.25) is 0 Å². The molecule has 0 amide bonds. The molecule has 4 rings (SSSR count). The van der Waals surface area contributed by atoms with Crippen LogP contribution < -0.4 is 10.5 Å². The van der Waals surface area contributed by atoms with Crippen molar-refractivity contribution in [2.75, 3.05) is 5.73 Å². The number of nitrogen functional groups attached to an aromatic ring is 1. The van der Waals surface area contributed by atoms with Gasteiger partial charge in [-0.05, 0) is 43.2 Å². The molecule has 0 aliphatic heterocycles. The van der Waals surface area contributed by atoms with Gasteiger partial charge in [-0.25, -0.2) is 13.4 Å². The highest BCUT2D eigenvalue weighted by molar-refractivity contribution is 7.91. The van der Waals surface area contributed by atoms with E-state index < -0.39 is 21.9 Å². The number of anilines is 1. The molecule has 0 radical (unpaired) electrons. The fourth-order valence-corrected chi connectivity index (χ4v) is 4.64. The second-order valence-electron chi connectivity index (χ2n) is 7.35. The van der Waals surface area contributed by atoms with Crippen molar-refractivity contribution in [2.24, 2.45) is 0 Å². The summed E-state index contributed by atoms with van der Waals surface area (Å²) in [5.41, 5.74) is 6.05. The Morgan fingerprint density at radius 3 is 2.42 bits per heavy atom. The molecule has 33 heavy (non-hydrogen) atoms. The maximum absolute atomic E-state index is 12.8. The summed E-state index contributed by atoms with van der Waals surface area (Å²) in [6.45, 7) is 0.151. The quantitative estimate of drug-likeness (QED) is 0.530. The van der Waals surface area contributed by atoms with Gasteiger partial charge in [-0.1, -0.05) is 12.8 Å². The van der Waals surface area contributed by atoms with Gasteiger partial charge in [0.25, 0.3) is 5.89 Å². The van der Waals surface area contributed by atoms with Crippen molar-refractivity contribution < 1.29 is 35.5 Å². The van der Waals surface area contributed by atoms with Gasteiger partial charge in [0.15, 0.2) is 5.69 Å². The summed E-state index contributed by atoms with van der Waals surface area (Å²) in [7, 11) is -4.10. The molecule has 1 saturated carbocycles. The Morgan fingerprint density at radius 1 is 1.09 bits per heavy atom. The largest absolute Gasteiger partial charge is 0.573 e. The van der Waals surface area contributed by atoms with Gasteiger partial charge < -0.3 is 19.6 Å². The molecule has 2 N–H and O–H groups in total. The number of sulfone groups is 1. The highest BCUT2D eigenvalue weighted by Crippen LogP contribution is 2.30. The molecular weight excluding hydrogens is 465 g/mol. The summed E-state index contributed by atoms with van der Waals surface area (Å²) in [6.07, 6.45) is 0.572. The molecule has 176 valence electrons. The van der Waals surface area contributed by atoms with E-state index in [0.717, 1.165) is 62.2 Å². The Balaban J connectivity index is 1.50. The highest BCUT2D eigenvalue weighted by atomic mass is 32.2. The zero-order chi connectivity index (χ0) is 23.6. The molecule has 13 heteroatoms. The molecule has 2 heterocycles. The molecule has 0 atom stereocenters. The van der Waals surface area contributed by atoms with Gasteiger partial charge in [-0.15, -0.1) is 23.4 Å². The second-order valence-corrected chi connectivity index (χ2v) is 9.30. The van der Waals surface area contributed by atoms with E-state index in [1.165, 1.54) is 0 Å². The number of alkyl halides is 3. The molecule has 3 aromatic rings. The van der Waals surface area contributed by atoms with E-state index in [4.69, 9.17) is 14.9 Å². The van der Waals surface area contributed by atoms with E-state index in [1.807, 2.05) is 0 Å². The van der Waals surface area contributed by atoms with Crippen molar-refractivity contribution >= 4 is 15.5 Å². The zero-order valence-electron chi connectivity index (χ0n) is 17.1. The Hall–Kier alpha value is -3.19. The predicted octanol–water partition coefficient (Wildman–Crippen LogP) is 3.90.